The highest BCUT2D eigenvalue weighted by molar-refractivity contribution is 5.43. The summed E-state index contributed by atoms with van der Waals surface area (Å²) in [5.74, 6) is 1.94. The molecule has 0 bridgehead atoms. The van der Waals surface area contributed by atoms with E-state index >= 15 is 0 Å². The van der Waals surface area contributed by atoms with Crippen LogP contribution in [0, 0.1) is 10.1 Å². The molecule has 0 spiro atoms. The van der Waals surface area contributed by atoms with Crippen LogP contribution in [0.5, 0.6) is 0 Å². The minimum absolute atomic E-state index is 0.0116. The van der Waals surface area contributed by atoms with Gasteiger partial charge in [0.05, 0.1) is 4.92 Å². The standard InChI is InChI=1S/C12H14N6O2/c19-18(20)10-3-4-11(13-6-10)17-5-1-2-9(7-17)12-14-8-15-16-12/h3-4,6,8-9H,1-2,5,7H2,(H,14,15,16)/t9-/m0/s1. The molecule has 8 heteroatoms. The van der Waals surface area contributed by atoms with Crippen LogP contribution in [-0.2, 0) is 0 Å². The molecule has 3 heterocycles. The van der Waals surface area contributed by atoms with Crippen LogP contribution in [0.25, 0.3) is 0 Å². The van der Waals surface area contributed by atoms with Crippen molar-refractivity contribution < 1.29 is 4.92 Å². The molecule has 2 aromatic heterocycles. The van der Waals surface area contributed by atoms with E-state index in [-0.39, 0.29) is 5.69 Å². The lowest BCUT2D eigenvalue weighted by atomic mass is 9.97. The highest BCUT2D eigenvalue weighted by Gasteiger charge is 2.24. The zero-order valence-electron chi connectivity index (χ0n) is 10.8. The number of nitrogens with one attached hydrogen (secondary N) is 1. The van der Waals surface area contributed by atoms with Gasteiger partial charge in [-0.15, -0.1) is 0 Å². The van der Waals surface area contributed by atoms with Gasteiger partial charge in [0.2, 0.25) is 0 Å². The summed E-state index contributed by atoms with van der Waals surface area (Å²) in [6.45, 7) is 1.69. The average molecular weight is 274 g/mol. The maximum absolute atomic E-state index is 10.6. The molecule has 1 aliphatic heterocycles. The first-order chi connectivity index (χ1) is 9.74. The van der Waals surface area contributed by atoms with E-state index in [4.69, 9.17) is 0 Å². The van der Waals surface area contributed by atoms with Gasteiger partial charge < -0.3 is 4.90 Å². The Balaban J connectivity index is 1.75. The fraction of sp³-hybridized carbons (Fsp3) is 0.417. The van der Waals surface area contributed by atoms with Crippen LogP contribution in [0.2, 0.25) is 0 Å². The molecular formula is C12H14N6O2. The van der Waals surface area contributed by atoms with Gasteiger partial charge >= 0.3 is 0 Å². The molecule has 1 saturated heterocycles. The third-order valence-corrected chi connectivity index (χ3v) is 3.51. The minimum atomic E-state index is -0.440. The van der Waals surface area contributed by atoms with Gasteiger partial charge in [0.15, 0.2) is 0 Å². The van der Waals surface area contributed by atoms with Gasteiger partial charge in [-0.05, 0) is 18.9 Å². The van der Waals surface area contributed by atoms with E-state index < -0.39 is 4.92 Å². The molecule has 104 valence electrons. The molecule has 2 aromatic rings. The summed E-state index contributed by atoms with van der Waals surface area (Å²) in [7, 11) is 0. The third kappa shape index (κ3) is 2.44. The molecule has 8 nitrogen and oxygen atoms in total. The van der Waals surface area contributed by atoms with E-state index in [1.807, 2.05) is 0 Å². The monoisotopic (exact) mass is 274 g/mol. The molecule has 0 aliphatic carbocycles. The van der Waals surface area contributed by atoms with Crippen LogP contribution in [0.3, 0.4) is 0 Å². The second-order valence-corrected chi connectivity index (χ2v) is 4.79. The van der Waals surface area contributed by atoms with Gasteiger partial charge in [0.25, 0.3) is 5.69 Å². The van der Waals surface area contributed by atoms with Crippen LogP contribution in [0.15, 0.2) is 24.7 Å². The highest BCUT2D eigenvalue weighted by Crippen LogP contribution is 2.27. The maximum atomic E-state index is 10.6. The van der Waals surface area contributed by atoms with Gasteiger partial charge in [-0.2, -0.15) is 5.10 Å². The largest absolute Gasteiger partial charge is 0.356 e. The number of hydrogen-bond donors (Lipinski definition) is 1. The Labute approximate surface area is 115 Å². The molecule has 0 amide bonds. The van der Waals surface area contributed by atoms with Crippen molar-refractivity contribution in [3.05, 3.63) is 40.6 Å². The van der Waals surface area contributed by atoms with Crippen LogP contribution >= 0.6 is 0 Å². The molecule has 0 saturated carbocycles. The zero-order chi connectivity index (χ0) is 13.9. The molecule has 3 rings (SSSR count). The summed E-state index contributed by atoms with van der Waals surface area (Å²) in [6, 6.07) is 3.18. The van der Waals surface area contributed by atoms with Crippen molar-refractivity contribution in [2.45, 2.75) is 18.8 Å². The van der Waals surface area contributed by atoms with Gasteiger partial charge in [0.1, 0.15) is 24.2 Å². The SMILES string of the molecule is O=[N+]([O-])c1ccc(N2CCC[C@H](c3ncn[nH]3)C2)nc1. The van der Waals surface area contributed by atoms with Gasteiger partial charge in [-0.3, -0.25) is 15.2 Å². The molecule has 1 atom stereocenters. The van der Waals surface area contributed by atoms with Crippen molar-refractivity contribution >= 4 is 11.5 Å². The second-order valence-electron chi connectivity index (χ2n) is 4.79. The summed E-state index contributed by atoms with van der Waals surface area (Å²) < 4.78 is 0. The van der Waals surface area contributed by atoms with E-state index in [2.05, 4.69) is 25.1 Å². The number of hydrogen-bond acceptors (Lipinski definition) is 6. The van der Waals surface area contributed by atoms with Crippen molar-refractivity contribution in [3.8, 4) is 0 Å². The number of piperidine rings is 1. The molecule has 1 fully saturated rings. The fourth-order valence-electron chi connectivity index (χ4n) is 2.49. The van der Waals surface area contributed by atoms with E-state index in [1.54, 1.807) is 6.07 Å². The van der Waals surface area contributed by atoms with E-state index in [0.29, 0.717) is 5.92 Å². The Morgan fingerprint density at radius 3 is 2.95 bits per heavy atom. The van der Waals surface area contributed by atoms with Crippen LogP contribution < -0.4 is 4.90 Å². The van der Waals surface area contributed by atoms with Crippen molar-refractivity contribution in [1.29, 1.82) is 0 Å². The summed E-state index contributed by atoms with van der Waals surface area (Å²) in [5, 5.41) is 17.4. The van der Waals surface area contributed by atoms with Crippen molar-refractivity contribution in [2.75, 3.05) is 18.0 Å². The third-order valence-electron chi connectivity index (χ3n) is 3.51. The quantitative estimate of drug-likeness (QED) is 0.672. The highest BCUT2D eigenvalue weighted by atomic mass is 16.6. The lowest BCUT2D eigenvalue weighted by molar-refractivity contribution is -0.385. The molecule has 1 aliphatic rings. The molecule has 0 radical (unpaired) electrons. The van der Waals surface area contributed by atoms with E-state index in [9.17, 15) is 10.1 Å². The zero-order valence-corrected chi connectivity index (χ0v) is 10.8. The molecule has 0 unspecified atom stereocenters. The van der Waals surface area contributed by atoms with Crippen LogP contribution in [0.4, 0.5) is 11.5 Å². The number of aromatic amines is 1. The normalized spacial score (nSPS) is 19.0. The topological polar surface area (TPSA) is 101 Å². The summed E-state index contributed by atoms with van der Waals surface area (Å²) in [5.41, 5.74) is 0.0116. The molecule has 20 heavy (non-hydrogen) atoms. The first kappa shape index (κ1) is 12.5. The Hall–Kier alpha value is -2.51. The summed E-state index contributed by atoms with van der Waals surface area (Å²) in [4.78, 5) is 20.7. The number of nitrogens with zero attached hydrogens (tertiary/aromatic N) is 5. The number of pyridine rings is 1. The number of H-pyrrole nitrogens is 1. The predicted octanol–water partition coefficient (Wildman–Crippen LogP) is 1.49. The Morgan fingerprint density at radius 1 is 1.40 bits per heavy atom. The predicted molar refractivity (Wildman–Crippen MR) is 71.5 cm³/mol. The smallest absolute Gasteiger partial charge is 0.287 e. The Morgan fingerprint density at radius 2 is 2.30 bits per heavy atom. The molecule has 1 N–H and O–H groups in total. The van der Waals surface area contributed by atoms with Crippen molar-refractivity contribution in [1.82, 2.24) is 20.2 Å². The average Bonchev–Trinajstić information content (AvgIpc) is 3.02. The minimum Gasteiger partial charge on any atom is -0.356 e. The second kappa shape index (κ2) is 5.24. The van der Waals surface area contributed by atoms with Crippen molar-refractivity contribution in [3.63, 3.8) is 0 Å². The maximum Gasteiger partial charge on any atom is 0.287 e. The Kier molecular flexibility index (Phi) is 3.28. The van der Waals surface area contributed by atoms with Crippen LogP contribution in [0.1, 0.15) is 24.6 Å². The number of rotatable bonds is 3. The van der Waals surface area contributed by atoms with E-state index in [1.165, 1.54) is 18.6 Å². The van der Waals surface area contributed by atoms with Gasteiger partial charge in [-0.25, -0.2) is 9.97 Å². The fourth-order valence-corrected chi connectivity index (χ4v) is 2.49. The van der Waals surface area contributed by atoms with Gasteiger partial charge in [-0.1, -0.05) is 0 Å². The van der Waals surface area contributed by atoms with E-state index in [0.717, 1.165) is 37.6 Å². The summed E-state index contributed by atoms with van der Waals surface area (Å²) in [6.07, 6.45) is 4.90. The van der Waals surface area contributed by atoms with Gasteiger partial charge in [0, 0.05) is 25.1 Å². The van der Waals surface area contributed by atoms with Crippen LogP contribution in [-0.4, -0.2) is 38.2 Å². The first-order valence-corrected chi connectivity index (χ1v) is 6.44. The number of aromatic nitrogens is 4. The summed E-state index contributed by atoms with van der Waals surface area (Å²) >= 11 is 0. The Bertz CT molecular complexity index is 583. The lowest BCUT2D eigenvalue weighted by Crippen LogP contribution is -2.35. The van der Waals surface area contributed by atoms with Crippen molar-refractivity contribution in [2.24, 2.45) is 0 Å². The molecular weight excluding hydrogens is 260 g/mol. The number of anilines is 1. The lowest BCUT2D eigenvalue weighted by Gasteiger charge is -2.32. The first-order valence-electron chi connectivity index (χ1n) is 6.44. The molecule has 0 aromatic carbocycles. The number of nitro groups is 1.